The van der Waals surface area contributed by atoms with Gasteiger partial charge in [0, 0.05) is 12.3 Å². The third-order valence-corrected chi connectivity index (χ3v) is 5.06. The van der Waals surface area contributed by atoms with Crippen LogP contribution in [0, 0.1) is 23.2 Å². The number of Topliss-reactive ketones (excluding diaryl/α,β-unsaturated/α-hetero) is 1. The summed E-state index contributed by atoms with van der Waals surface area (Å²) in [6.07, 6.45) is 7.69. The average molecular weight is 178 g/mol. The van der Waals surface area contributed by atoms with Crippen molar-refractivity contribution < 1.29 is 4.79 Å². The summed E-state index contributed by atoms with van der Waals surface area (Å²) in [7, 11) is 0. The SMILES string of the molecule is C[C@@H]1CC[C@]23CCC[C@H]2CC(=O)[C@H]13. The molecule has 0 unspecified atom stereocenters. The zero-order valence-electron chi connectivity index (χ0n) is 8.38. The first-order chi connectivity index (χ1) is 6.24. The topological polar surface area (TPSA) is 17.1 Å². The van der Waals surface area contributed by atoms with E-state index in [9.17, 15) is 4.79 Å². The maximum atomic E-state index is 11.9. The van der Waals surface area contributed by atoms with Crippen LogP contribution < -0.4 is 0 Å². The molecule has 0 aromatic carbocycles. The van der Waals surface area contributed by atoms with Gasteiger partial charge in [0.25, 0.3) is 0 Å². The number of carbonyl (C=O) groups is 1. The number of ketones is 1. The predicted octanol–water partition coefficient (Wildman–Crippen LogP) is 2.79. The minimum atomic E-state index is 0.472. The van der Waals surface area contributed by atoms with Crippen LogP contribution in [-0.4, -0.2) is 5.78 Å². The Morgan fingerprint density at radius 3 is 3.00 bits per heavy atom. The molecule has 0 saturated heterocycles. The fourth-order valence-electron chi connectivity index (χ4n) is 4.61. The van der Waals surface area contributed by atoms with Crippen LogP contribution in [0.3, 0.4) is 0 Å². The first kappa shape index (κ1) is 8.02. The summed E-state index contributed by atoms with van der Waals surface area (Å²) >= 11 is 0. The highest BCUT2D eigenvalue weighted by molar-refractivity contribution is 5.85. The van der Waals surface area contributed by atoms with Crippen molar-refractivity contribution in [1.82, 2.24) is 0 Å². The molecular formula is C12H18O. The minimum Gasteiger partial charge on any atom is -0.299 e. The van der Waals surface area contributed by atoms with Crippen LogP contribution >= 0.6 is 0 Å². The molecule has 3 fully saturated rings. The third kappa shape index (κ3) is 0.812. The molecule has 1 spiro atoms. The molecule has 0 N–H and O–H groups in total. The molecule has 0 aromatic rings. The smallest absolute Gasteiger partial charge is 0.137 e. The summed E-state index contributed by atoms with van der Waals surface area (Å²) in [5.74, 6) is 2.56. The Morgan fingerprint density at radius 1 is 1.31 bits per heavy atom. The van der Waals surface area contributed by atoms with E-state index in [1.54, 1.807) is 0 Å². The summed E-state index contributed by atoms with van der Waals surface area (Å²) in [5.41, 5.74) is 0.510. The van der Waals surface area contributed by atoms with E-state index in [0.29, 0.717) is 23.0 Å². The lowest BCUT2D eigenvalue weighted by molar-refractivity contribution is -0.122. The fraction of sp³-hybridized carbons (Fsp3) is 0.917. The monoisotopic (exact) mass is 178 g/mol. The zero-order chi connectivity index (χ0) is 9.05. The number of carbonyl (C=O) groups excluding carboxylic acids is 1. The minimum absolute atomic E-state index is 0.472. The fourth-order valence-corrected chi connectivity index (χ4v) is 4.61. The molecule has 13 heavy (non-hydrogen) atoms. The summed E-state index contributed by atoms with van der Waals surface area (Å²) in [5, 5.41) is 0. The van der Waals surface area contributed by atoms with Crippen molar-refractivity contribution in [2.45, 2.75) is 45.4 Å². The maximum Gasteiger partial charge on any atom is 0.137 e. The highest BCUT2D eigenvalue weighted by Gasteiger charge is 2.60. The Morgan fingerprint density at radius 2 is 2.15 bits per heavy atom. The normalized spacial score (nSPS) is 53.9. The van der Waals surface area contributed by atoms with E-state index in [1.807, 2.05) is 0 Å². The second kappa shape index (κ2) is 2.37. The van der Waals surface area contributed by atoms with Gasteiger partial charge in [0.05, 0.1) is 0 Å². The molecule has 72 valence electrons. The summed E-state index contributed by atoms with van der Waals surface area (Å²) < 4.78 is 0. The van der Waals surface area contributed by atoms with Crippen molar-refractivity contribution >= 4 is 5.78 Å². The second-order valence-electron chi connectivity index (χ2n) is 5.49. The molecule has 1 nitrogen and oxygen atoms in total. The van der Waals surface area contributed by atoms with Gasteiger partial charge >= 0.3 is 0 Å². The Kier molecular flexibility index (Phi) is 1.46. The molecule has 3 saturated carbocycles. The van der Waals surface area contributed by atoms with Crippen LogP contribution in [0.15, 0.2) is 0 Å². The van der Waals surface area contributed by atoms with Gasteiger partial charge in [-0.2, -0.15) is 0 Å². The number of hydrogen-bond acceptors (Lipinski definition) is 1. The maximum absolute atomic E-state index is 11.9. The molecule has 0 aliphatic heterocycles. The summed E-state index contributed by atoms with van der Waals surface area (Å²) in [4.78, 5) is 11.9. The Balaban J connectivity index is 2.03. The highest BCUT2D eigenvalue weighted by Crippen LogP contribution is 2.64. The molecule has 0 heterocycles. The van der Waals surface area contributed by atoms with Gasteiger partial charge in [-0.15, -0.1) is 0 Å². The van der Waals surface area contributed by atoms with Gasteiger partial charge in [-0.3, -0.25) is 4.79 Å². The van der Waals surface area contributed by atoms with Crippen molar-refractivity contribution in [3.63, 3.8) is 0 Å². The Bertz CT molecular complexity index is 258. The van der Waals surface area contributed by atoms with Gasteiger partial charge in [-0.25, -0.2) is 0 Å². The molecule has 0 amide bonds. The van der Waals surface area contributed by atoms with E-state index in [-0.39, 0.29) is 0 Å². The van der Waals surface area contributed by atoms with Crippen LogP contribution in [0.2, 0.25) is 0 Å². The molecular weight excluding hydrogens is 160 g/mol. The van der Waals surface area contributed by atoms with E-state index in [4.69, 9.17) is 0 Å². The lowest BCUT2D eigenvalue weighted by Crippen LogP contribution is -2.26. The van der Waals surface area contributed by atoms with Gasteiger partial charge in [-0.05, 0) is 42.9 Å². The molecule has 0 bridgehead atoms. The molecule has 3 rings (SSSR count). The van der Waals surface area contributed by atoms with Crippen LogP contribution in [0.5, 0.6) is 0 Å². The molecule has 3 aliphatic carbocycles. The lowest BCUT2D eigenvalue weighted by atomic mass is 9.74. The molecule has 1 heteroatoms. The molecule has 0 aromatic heterocycles. The first-order valence-corrected chi connectivity index (χ1v) is 5.77. The van der Waals surface area contributed by atoms with E-state index in [1.165, 1.54) is 32.1 Å². The van der Waals surface area contributed by atoms with Crippen molar-refractivity contribution in [2.75, 3.05) is 0 Å². The number of rotatable bonds is 0. The lowest BCUT2D eigenvalue weighted by Gasteiger charge is -2.29. The highest BCUT2D eigenvalue weighted by atomic mass is 16.1. The summed E-state index contributed by atoms with van der Waals surface area (Å²) in [6.45, 7) is 2.29. The van der Waals surface area contributed by atoms with Gasteiger partial charge < -0.3 is 0 Å². The van der Waals surface area contributed by atoms with Gasteiger partial charge in [0.1, 0.15) is 5.78 Å². The van der Waals surface area contributed by atoms with Crippen molar-refractivity contribution in [2.24, 2.45) is 23.2 Å². The van der Waals surface area contributed by atoms with Crippen molar-refractivity contribution in [3.05, 3.63) is 0 Å². The van der Waals surface area contributed by atoms with Gasteiger partial charge in [-0.1, -0.05) is 13.3 Å². The molecule has 3 aliphatic rings. The Hall–Kier alpha value is -0.330. The second-order valence-corrected chi connectivity index (χ2v) is 5.49. The van der Waals surface area contributed by atoms with Crippen LogP contribution in [0.1, 0.15) is 45.4 Å². The standard InChI is InChI=1S/C12H18O/c1-8-4-6-12-5-2-3-9(12)7-10(13)11(8)12/h8-9,11H,2-7H2,1H3/t8-,9+,11+,12-/m1/s1. The molecule has 0 radical (unpaired) electrons. The largest absolute Gasteiger partial charge is 0.299 e. The first-order valence-electron chi connectivity index (χ1n) is 5.77. The predicted molar refractivity (Wildman–Crippen MR) is 51.3 cm³/mol. The van der Waals surface area contributed by atoms with Gasteiger partial charge in [0.2, 0.25) is 0 Å². The summed E-state index contributed by atoms with van der Waals surface area (Å²) in [6, 6.07) is 0. The van der Waals surface area contributed by atoms with E-state index < -0.39 is 0 Å². The zero-order valence-corrected chi connectivity index (χ0v) is 8.38. The van der Waals surface area contributed by atoms with E-state index in [0.717, 1.165) is 12.3 Å². The van der Waals surface area contributed by atoms with Crippen LogP contribution in [-0.2, 0) is 4.79 Å². The number of hydrogen-bond donors (Lipinski definition) is 0. The third-order valence-electron chi connectivity index (χ3n) is 5.06. The van der Waals surface area contributed by atoms with Crippen LogP contribution in [0.4, 0.5) is 0 Å². The van der Waals surface area contributed by atoms with E-state index in [2.05, 4.69) is 6.92 Å². The molecule has 4 atom stereocenters. The van der Waals surface area contributed by atoms with Gasteiger partial charge in [0.15, 0.2) is 0 Å². The van der Waals surface area contributed by atoms with Crippen LogP contribution in [0.25, 0.3) is 0 Å². The Labute approximate surface area is 79.9 Å². The van der Waals surface area contributed by atoms with Crippen molar-refractivity contribution in [1.29, 1.82) is 0 Å². The van der Waals surface area contributed by atoms with Crippen molar-refractivity contribution in [3.8, 4) is 0 Å². The quantitative estimate of drug-likeness (QED) is 0.557. The van der Waals surface area contributed by atoms with E-state index >= 15 is 0 Å². The average Bonchev–Trinajstić information content (AvgIpc) is 2.65.